The monoisotopic (exact) mass is 324 g/mol. The maximum Gasteiger partial charge on any atom is 0.416 e. The summed E-state index contributed by atoms with van der Waals surface area (Å²) < 4.78 is 39.7. The summed E-state index contributed by atoms with van der Waals surface area (Å²) in [6.45, 7) is 0. The maximum absolute atomic E-state index is 12.6. The predicted molar refractivity (Wildman–Crippen MR) is 82.2 cm³/mol. The lowest BCUT2D eigenvalue weighted by molar-refractivity contribution is -0.137. The second kappa shape index (κ2) is 5.25. The highest BCUT2D eigenvalue weighted by Crippen LogP contribution is 2.31. The molecular formula is C16H12ClF3N2. The first kappa shape index (κ1) is 14.8. The van der Waals surface area contributed by atoms with Gasteiger partial charge in [0.25, 0.3) is 0 Å². The van der Waals surface area contributed by atoms with E-state index in [2.05, 4.69) is 0 Å². The van der Waals surface area contributed by atoms with Gasteiger partial charge in [0.05, 0.1) is 21.8 Å². The zero-order chi connectivity index (χ0) is 15.9. The Labute approximate surface area is 130 Å². The van der Waals surface area contributed by atoms with Crippen molar-refractivity contribution in [2.75, 3.05) is 12.1 Å². The SMILES string of the molecule is CN(c1ccc(C(F)(F)F)cc1)n1ccc2c(Cl)cccc21. The fraction of sp³-hybridized carbons (Fsp3) is 0.125. The van der Waals surface area contributed by atoms with Crippen LogP contribution in [0.3, 0.4) is 0 Å². The summed E-state index contributed by atoms with van der Waals surface area (Å²) in [5, 5.41) is 3.29. The molecule has 0 aliphatic heterocycles. The highest BCUT2D eigenvalue weighted by molar-refractivity contribution is 6.35. The molecule has 0 spiro atoms. The van der Waals surface area contributed by atoms with Gasteiger partial charge in [-0.2, -0.15) is 13.2 Å². The molecule has 22 heavy (non-hydrogen) atoms. The molecule has 3 rings (SSSR count). The van der Waals surface area contributed by atoms with Crippen LogP contribution in [0.4, 0.5) is 18.9 Å². The molecule has 0 N–H and O–H groups in total. The van der Waals surface area contributed by atoms with Crippen molar-refractivity contribution in [3.05, 3.63) is 65.3 Å². The minimum Gasteiger partial charge on any atom is -0.284 e. The number of rotatable bonds is 2. The fourth-order valence-corrected chi connectivity index (χ4v) is 2.60. The largest absolute Gasteiger partial charge is 0.416 e. The molecule has 0 radical (unpaired) electrons. The van der Waals surface area contributed by atoms with Crippen molar-refractivity contribution in [1.82, 2.24) is 4.68 Å². The van der Waals surface area contributed by atoms with E-state index in [9.17, 15) is 13.2 Å². The Hall–Kier alpha value is -2.14. The van der Waals surface area contributed by atoms with Gasteiger partial charge in [-0.1, -0.05) is 17.7 Å². The second-order valence-electron chi connectivity index (χ2n) is 4.90. The molecule has 1 aromatic heterocycles. The molecule has 0 atom stereocenters. The molecular weight excluding hydrogens is 313 g/mol. The lowest BCUT2D eigenvalue weighted by atomic mass is 10.2. The second-order valence-corrected chi connectivity index (χ2v) is 5.31. The van der Waals surface area contributed by atoms with Crippen molar-refractivity contribution in [2.24, 2.45) is 0 Å². The summed E-state index contributed by atoms with van der Waals surface area (Å²) in [4.78, 5) is 0. The minimum absolute atomic E-state index is 0.636. The van der Waals surface area contributed by atoms with E-state index in [1.807, 2.05) is 29.1 Å². The van der Waals surface area contributed by atoms with E-state index in [1.165, 1.54) is 12.1 Å². The number of alkyl halides is 3. The van der Waals surface area contributed by atoms with E-state index in [-0.39, 0.29) is 0 Å². The Morgan fingerprint density at radius 2 is 1.68 bits per heavy atom. The smallest absolute Gasteiger partial charge is 0.284 e. The van der Waals surface area contributed by atoms with Crippen LogP contribution in [0, 0.1) is 0 Å². The molecule has 0 aliphatic rings. The van der Waals surface area contributed by atoms with Gasteiger partial charge in [0.15, 0.2) is 0 Å². The third-order valence-corrected chi connectivity index (χ3v) is 3.88. The molecule has 0 amide bonds. The van der Waals surface area contributed by atoms with Crippen LogP contribution in [0.5, 0.6) is 0 Å². The summed E-state index contributed by atoms with van der Waals surface area (Å²) in [6.07, 6.45) is -2.50. The van der Waals surface area contributed by atoms with Crippen molar-refractivity contribution in [1.29, 1.82) is 0 Å². The van der Waals surface area contributed by atoms with Gasteiger partial charge in [0.1, 0.15) is 0 Å². The lowest BCUT2D eigenvalue weighted by Gasteiger charge is -2.22. The number of nitrogens with zero attached hydrogens (tertiary/aromatic N) is 2. The highest BCUT2D eigenvalue weighted by atomic mass is 35.5. The van der Waals surface area contributed by atoms with Crippen LogP contribution >= 0.6 is 11.6 Å². The number of fused-ring (bicyclic) bond motifs is 1. The summed E-state index contributed by atoms with van der Waals surface area (Å²) >= 11 is 6.14. The number of halogens is 4. The Kier molecular flexibility index (Phi) is 3.53. The van der Waals surface area contributed by atoms with Crippen LogP contribution in [-0.4, -0.2) is 11.7 Å². The topological polar surface area (TPSA) is 8.17 Å². The summed E-state index contributed by atoms with van der Waals surface area (Å²) in [7, 11) is 1.78. The summed E-state index contributed by atoms with van der Waals surface area (Å²) in [5.74, 6) is 0. The van der Waals surface area contributed by atoms with E-state index in [1.54, 1.807) is 18.1 Å². The Bertz CT molecular complexity index is 806. The summed E-state index contributed by atoms with van der Waals surface area (Å²) in [6, 6.07) is 12.4. The maximum atomic E-state index is 12.6. The lowest BCUT2D eigenvalue weighted by Crippen LogP contribution is -2.23. The van der Waals surface area contributed by atoms with Gasteiger partial charge in [-0.3, -0.25) is 9.69 Å². The van der Waals surface area contributed by atoms with E-state index < -0.39 is 11.7 Å². The average molecular weight is 325 g/mol. The minimum atomic E-state index is -4.33. The van der Waals surface area contributed by atoms with Gasteiger partial charge in [-0.05, 0) is 42.5 Å². The predicted octanol–water partition coefficient (Wildman–Crippen LogP) is 5.21. The van der Waals surface area contributed by atoms with Crippen molar-refractivity contribution in [3.63, 3.8) is 0 Å². The zero-order valence-corrected chi connectivity index (χ0v) is 12.4. The highest BCUT2D eigenvalue weighted by Gasteiger charge is 2.30. The molecule has 0 saturated heterocycles. The average Bonchev–Trinajstić information content (AvgIpc) is 2.91. The first-order chi connectivity index (χ1) is 10.4. The van der Waals surface area contributed by atoms with Crippen molar-refractivity contribution < 1.29 is 13.2 Å². The van der Waals surface area contributed by atoms with E-state index in [4.69, 9.17) is 11.6 Å². The van der Waals surface area contributed by atoms with E-state index in [0.717, 1.165) is 23.0 Å². The fourth-order valence-electron chi connectivity index (χ4n) is 2.37. The van der Waals surface area contributed by atoms with Crippen LogP contribution in [0.15, 0.2) is 54.7 Å². The third kappa shape index (κ3) is 2.52. The quantitative estimate of drug-likeness (QED) is 0.628. The van der Waals surface area contributed by atoms with Crippen molar-refractivity contribution in [3.8, 4) is 0 Å². The van der Waals surface area contributed by atoms with Crippen molar-refractivity contribution >= 4 is 28.2 Å². The number of benzene rings is 2. The van der Waals surface area contributed by atoms with Gasteiger partial charge >= 0.3 is 6.18 Å². The first-order valence-electron chi connectivity index (χ1n) is 6.55. The van der Waals surface area contributed by atoms with Crippen LogP contribution in [-0.2, 0) is 6.18 Å². The van der Waals surface area contributed by atoms with Crippen LogP contribution < -0.4 is 5.01 Å². The molecule has 2 aromatic carbocycles. The molecule has 114 valence electrons. The number of aromatic nitrogens is 1. The number of hydrogen-bond acceptors (Lipinski definition) is 1. The Morgan fingerprint density at radius 3 is 2.32 bits per heavy atom. The van der Waals surface area contributed by atoms with Gasteiger partial charge < -0.3 is 0 Å². The molecule has 0 fully saturated rings. The molecule has 0 bridgehead atoms. The molecule has 0 saturated carbocycles. The summed E-state index contributed by atoms with van der Waals surface area (Å²) in [5.41, 5.74) is 0.866. The third-order valence-electron chi connectivity index (χ3n) is 3.55. The van der Waals surface area contributed by atoms with Crippen LogP contribution in [0.25, 0.3) is 10.9 Å². The van der Waals surface area contributed by atoms with Gasteiger partial charge in [0, 0.05) is 18.6 Å². The van der Waals surface area contributed by atoms with E-state index >= 15 is 0 Å². The molecule has 6 heteroatoms. The van der Waals surface area contributed by atoms with Crippen LogP contribution in [0.1, 0.15) is 5.56 Å². The number of anilines is 1. The van der Waals surface area contributed by atoms with Crippen LogP contribution in [0.2, 0.25) is 5.02 Å². The molecule has 0 aliphatic carbocycles. The molecule has 0 unspecified atom stereocenters. The molecule has 3 aromatic rings. The zero-order valence-electron chi connectivity index (χ0n) is 11.6. The molecule has 2 nitrogen and oxygen atoms in total. The van der Waals surface area contributed by atoms with E-state index in [0.29, 0.717) is 10.7 Å². The first-order valence-corrected chi connectivity index (χ1v) is 6.92. The number of hydrogen-bond donors (Lipinski definition) is 0. The van der Waals surface area contributed by atoms with Gasteiger partial charge in [-0.15, -0.1) is 0 Å². The van der Waals surface area contributed by atoms with Gasteiger partial charge in [-0.25, -0.2) is 0 Å². The standard InChI is InChI=1S/C16H12ClF3N2/c1-21(12-7-5-11(6-8-12)16(18,19)20)22-10-9-13-14(17)3-2-4-15(13)22/h2-10H,1H3. The Balaban J connectivity index is 1.99. The normalized spacial score (nSPS) is 11.9. The van der Waals surface area contributed by atoms with Gasteiger partial charge in [0.2, 0.25) is 0 Å². The Morgan fingerprint density at radius 1 is 1.00 bits per heavy atom. The van der Waals surface area contributed by atoms with Crippen molar-refractivity contribution in [2.45, 2.75) is 6.18 Å². The molecule has 1 heterocycles.